The van der Waals surface area contributed by atoms with Crippen molar-refractivity contribution in [3.8, 4) is 0 Å². The van der Waals surface area contributed by atoms with Crippen LogP contribution in [0.3, 0.4) is 0 Å². The predicted octanol–water partition coefficient (Wildman–Crippen LogP) is 3.37. The summed E-state index contributed by atoms with van der Waals surface area (Å²) < 4.78 is 0. The lowest BCUT2D eigenvalue weighted by Gasteiger charge is -2.19. The molecule has 0 aromatic carbocycles. The van der Waals surface area contributed by atoms with Gasteiger partial charge in [-0.25, -0.2) is 0 Å². The van der Waals surface area contributed by atoms with Gasteiger partial charge in [0.05, 0.1) is 17.9 Å². The van der Waals surface area contributed by atoms with Gasteiger partial charge in [0.15, 0.2) is 0 Å². The third-order valence-corrected chi connectivity index (χ3v) is 5.62. The van der Waals surface area contributed by atoms with Gasteiger partial charge in [0.1, 0.15) is 0 Å². The van der Waals surface area contributed by atoms with E-state index >= 15 is 0 Å². The minimum atomic E-state index is -0.842. The van der Waals surface area contributed by atoms with Crippen molar-refractivity contribution in [3.05, 3.63) is 21.9 Å². The zero-order valence-electron chi connectivity index (χ0n) is 12.8. The Kier molecular flexibility index (Phi) is 5.04. The average molecular weight is 309 g/mol. The number of carboxylic acid groups (broad SMARTS) is 1. The Hall–Kier alpha value is -1.36. The first-order chi connectivity index (χ1) is 9.92. The summed E-state index contributed by atoms with van der Waals surface area (Å²) in [6, 6.07) is 3.99. The SMILES string of the molecule is CCC1CC(C(=O)O)C(C(=O)NC(C)c2ccc(C)s2)C1. The number of carbonyl (C=O) groups is 2. The van der Waals surface area contributed by atoms with E-state index in [-0.39, 0.29) is 11.9 Å². The molecule has 2 rings (SSSR count). The van der Waals surface area contributed by atoms with Gasteiger partial charge < -0.3 is 10.4 Å². The molecule has 1 aliphatic rings. The van der Waals surface area contributed by atoms with E-state index in [0.717, 1.165) is 11.3 Å². The lowest BCUT2D eigenvalue weighted by Crippen LogP contribution is -2.36. The number of hydrogen-bond donors (Lipinski definition) is 2. The van der Waals surface area contributed by atoms with Crippen LogP contribution in [0.2, 0.25) is 0 Å². The summed E-state index contributed by atoms with van der Waals surface area (Å²) in [5.41, 5.74) is 0. The van der Waals surface area contributed by atoms with E-state index in [1.54, 1.807) is 11.3 Å². The van der Waals surface area contributed by atoms with E-state index in [4.69, 9.17) is 0 Å². The lowest BCUT2D eigenvalue weighted by atomic mass is 9.95. The second-order valence-electron chi connectivity index (χ2n) is 5.98. The zero-order chi connectivity index (χ0) is 15.6. The number of thiophene rings is 1. The van der Waals surface area contributed by atoms with Gasteiger partial charge in [-0.2, -0.15) is 0 Å². The molecule has 21 heavy (non-hydrogen) atoms. The summed E-state index contributed by atoms with van der Waals surface area (Å²) >= 11 is 1.66. The lowest BCUT2D eigenvalue weighted by molar-refractivity contribution is -0.146. The molecule has 2 N–H and O–H groups in total. The second-order valence-corrected chi connectivity index (χ2v) is 7.30. The van der Waals surface area contributed by atoms with E-state index in [2.05, 4.69) is 12.2 Å². The smallest absolute Gasteiger partial charge is 0.307 e. The normalized spacial score (nSPS) is 26.5. The van der Waals surface area contributed by atoms with Gasteiger partial charge in [0.2, 0.25) is 5.91 Å². The molecule has 5 heteroatoms. The molecular weight excluding hydrogens is 286 g/mol. The summed E-state index contributed by atoms with van der Waals surface area (Å²) in [5.74, 6) is -1.54. The Bertz CT molecular complexity index is 525. The van der Waals surface area contributed by atoms with Crippen molar-refractivity contribution in [2.75, 3.05) is 0 Å². The minimum absolute atomic E-state index is 0.0636. The van der Waals surface area contributed by atoms with Crippen LogP contribution >= 0.6 is 11.3 Å². The Labute approximate surface area is 129 Å². The molecule has 4 nitrogen and oxygen atoms in total. The summed E-state index contributed by atoms with van der Waals surface area (Å²) in [7, 11) is 0. The molecule has 1 heterocycles. The van der Waals surface area contributed by atoms with Crippen molar-refractivity contribution in [1.29, 1.82) is 0 Å². The van der Waals surface area contributed by atoms with Gasteiger partial charge in [-0.1, -0.05) is 13.3 Å². The maximum absolute atomic E-state index is 12.4. The topological polar surface area (TPSA) is 66.4 Å². The molecule has 0 aliphatic heterocycles. The minimum Gasteiger partial charge on any atom is -0.481 e. The highest BCUT2D eigenvalue weighted by Crippen LogP contribution is 2.39. The van der Waals surface area contributed by atoms with Crippen molar-refractivity contribution in [1.82, 2.24) is 5.32 Å². The van der Waals surface area contributed by atoms with Crippen LogP contribution in [-0.4, -0.2) is 17.0 Å². The molecule has 1 amide bonds. The number of amides is 1. The molecule has 1 saturated carbocycles. The molecule has 1 fully saturated rings. The first-order valence-corrected chi connectivity index (χ1v) is 8.33. The fourth-order valence-electron chi connectivity index (χ4n) is 3.12. The van der Waals surface area contributed by atoms with E-state index in [1.807, 2.05) is 26.0 Å². The van der Waals surface area contributed by atoms with Crippen LogP contribution in [0.4, 0.5) is 0 Å². The number of hydrogen-bond acceptors (Lipinski definition) is 3. The van der Waals surface area contributed by atoms with Crippen molar-refractivity contribution in [3.63, 3.8) is 0 Å². The van der Waals surface area contributed by atoms with E-state index in [9.17, 15) is 14.7 Å². The second kappa shape index (κ2) is 6.60. The fourth-order valence-corrected chi connectivity index (χ4v) is 4.00. The molecule has 1 aromatic rings. The van der Waals surface area contributed by atoms with Crippen LogP contribution in [0.25, 0.3) is 0 Å². The van der Waals surface area contributed by atoms with Gasteiger partial charge in [0, 0.05) is 9.75 Å². The largest absolute Gasteiger partial charge is 0.481 e. The Morgan fingerprint density at radius 1 is 1.38 bits per heavy atom. The van der Waals surface area contributed by atoms with Crippen LogP contribution in [0.1, 0.15) is 48.9 Å². The molecular formula is C16H23NO3S. The molecule has 1 aliphatic carbocycles. The first kappa shape index (κ1) is 16.0. The molecule has 0 spiro atoms. The number of aliphatic carboxylic acids is 1. The third kappa shape index (κ3) is 3.64. The molecule has 0 bridgehead atoms. The van der Waals surface area contributed by atoms with E-state index < -0.39 is 17.8 Å². The molecule has 1 aromatic heterocycles. The summed E-state index contributed by atoms with van der Waals surface area (Å²) in [4.78, 5) is 26.1. The third-order valence-electron chi connectivity index (χ3n) is 4.44. The molecule has 4 unspecified atom stereocenters. The van der Waals surface area contributed by atoms with Gasteiger partial charge >= 0.3 is 5.97 Å². The van der Waals surface area contributed by atoms with Crippen LogP contribution in [0.5, 0.6) is 0 Å². The van der Waals surface area contributed by atoms with E-state index in [0.29, 0.717) is 18.8 Å². The number of carbonyl (C=O) groups excluding carboxylic acids is 1. The van der Waals surface area contributed by atoms with Crippen molar-refractivity contribution in [2.24, 2.45) is 17.8 Å². The van der Waals surface area contributed by atoms with Gasteiger partial charge in [0.25, 0.3) is 0 Å². The van der Waals surface area contributed by atoms with Gasteiger partial charge in [-0.3, -0.25) is 9.59 Å². The van der Waals surface area contributed by atoms with Crippen molar-refractivity contribution >= 4 is 23.2 Å². The molecule has 4 atom stereocenters. The fraction of sp³-hybridized carbons (Fsp3) is 0.625. The first-order valence-electron chi connectivity index (χ1n) is 7.51. The zero-order valence-corrected chi connectivity index (χ0v) is 13.6. The summed E-state index contributed by atoms with van der Waals surface area (Å²) in [6.45, 7) is 6.04. The van der Waals surface area contributed by atoms with Crippen LogP contribution < -0.4 is 5.32 Å². The maximum Gasteiger partial charge on any atom is 0.307 e. The quantitative estimate of drug-likeness (QED) is 0.876. The summed E-state index contributed by atoms with van der Waals surface area (Å²) in [6.07, 6.45) is 2.25. The number of nitrogens with one attached hydrogen (secondary N) is 1. The predicted molar refractivity (Wildman–Crippen MR) is 83.2 cm³/mol. The Balaban J connectivity index is 2.03. The van der Waals surface area contributed by atoms with Crippen molar-refractivity contribution in [2.45, 2.75) is 46.1 Å². The monoisotopic (exact) mass is 309 g/mol. The Morgan fingerprint density at radius 2 is 2.05 bits per heavy atom. The standard InChI is InChI=1S/C16H23NO3S/c1-4-11-7-12(13(8-11)16(19)20)15(18)17-10(3)14-6-5-9(2)21-14/h5-6,10-13H,4,7-8H2,1-3H3,(H,17,18)(H,19,20). The van der Waals surface area contributed by atoms with Gasteiger partial charge in [-0.15, -0.1) is 11.3 Å². The summed E-state index contributed by atoms with van der Waals surface area (Å²) in [5, 5.41) is 12.3. The molecule has 0 radical (unpaired) electrons. The van der Waals surface area contributed by atoms with Crippen LogP contribution in [0, 0.1) is 24.7 Å². The van der Waals surface area contributed by atoms with Crippen molar-refractivity contribution < 1.29 is 14.7 Å². The molecule has 116 valence electrons. The number of aryl methyl sites for hydroxylation is 1. The van der Waals surface area contributed by atoms with E-state index in [1.165, 1.54) is 4.88 Å². The molecule has 0 saturated heterocycles. The Morgan fingerprint density at radius 3 is 2.57 bits per heavy atom. The number of carboxylic acids is 1. The average Bonchev–Trinajstić information content (AvgIpc) is 3.04. The maximum atomic E-state index is 12.4. The highest BCUT2D eigenvalue weighted by atomic mass is 32.1. The van der Waals surface area contributed by atoms with Crippen LogP contribution in [0.15, 0.2) is 12.1 Å². The highest BCUT2D eigenvalue weighted by Gasteiger charge is 2.42. The van der Waals surface area contributed by atoms with Crippen LogP contribution in [-0.2, 0) is 9.59 Å². The van der Waals surface area contributed by atoms with Gasteiger partial charge in [-0.05, 0) is 44.7 Å². The highest BCUT2D eigenvalue weighted by molar-refractivity contribution is 7.12. The number of rotatable bonds is 5.